The maximum Gasteiger partial charge on any atom is 0.0437 e. The normalized spacial score (nSPS) is 14.7. The molecule has 2 rings (SSSR count). The van der Waals surface area contributed by atoms with E-state index < -0.39 is 0 Å². The minimum atomic E-state index is 1.09. The molecule has 0 unspecified atom stereocenters. The first-order valence-electron chi connectivity index (χ1n) is 6.60. The molecule has 0 N–H and O–H groups in total. The van der Waals surface area contributed by atoms with Crippen molar-refractivity contribution in [2.75, 3.05) is 18.5 Å². The van der Waals surface area contributed by atoms with E-state index in [0.29, 0.717) is 0 Å². The summed E-state index contributed by atoms with van der Waals surface area (Å²) in [5, 5.41) is 0. The highest BCUT2D eigenvalue weighted by molar-refractivity contribution is 5.74. The molecule has 0 aliphatic carbocycles. The van der Waals surface area contributed by atoms with E-state index in [0.717, 1.165) is 6.42 Å². The first-order valence-corrected chi connectivity index (χ1v) is 6.60. The molecule has 1 aliphatic heterocycles. The van der Waals surface area contributed by atoms with Crippen LogP contribution in [-0.2, 0) is 12.8 Å². The Balaban J connectivity index is 2.80. The van der Waals surface area contributed by atoms with Gasteiger partial charge in [0.05, 0.1) is 0 Å². The lowest BCUT2D eigenvalue weighted by Crippen LogP contribution is -2.27. The van der Waals surface area contributed by atoms with Gasteiger partial charge in [0.1, 0.15) is 0 Å². The number of benzene rings is 1. The fourth-order valence-corrected chi connectivity index (χ4v) is 3.15. The third-order valence-electron chi connectivity index (χ3n) is 4.18. The maximum atomic E-state index is 4.00. The van der Waals surface area contributed by atoms with E-state index in [9.17, 15) is 0 Å². The summed E-state index contributed by atoms with van der Waals surface area (Å²) in [5.41, 5.74) is 8.79. The monoisotopic (exact) mass is 229 g/mol. The van der Waals surface area contributed by atoms with Gasteiger partial charge in [0.25, 0.3) is 0 Å². The van der Waals surface area contributed by atoms with Crippen molar-refractivity contribution in [3.05, 3.63) is 34.4 Å². The van der Waals surface area contributed by atoms with E-state index in [4.69, 9.17) is 0 Å². The smallest absolute Gasteiger partial charge is 0.0437 e. The molecule has 0 atom stereocenters. The Labute approximate surface area is 105 Å². The van der Waals surface area contributed by atoms with Gasteiger partial charge in [0, 0.05) is 19.3 Å². The molecule has 0 amide bonds. The van der Waals surface area contributed by atoms with Crippen LogP contribution in [0.4, 0.5) is 5.69 Å². The molecular formula is C16H23N. The lowest BCUT2D eigenvalue weighted by molar-refractivity contribution is 0.733. The zero-order valence-corrected chi connectivity index (χ0v) is 11.6. The van der Waals surface area contributed by atoms with Gasteiger partial charge in [-0.2, -0.15) is 0 Å². The van der Waals surface area contributed by atoms with Crippen molar-refractivity contribution in [2.24, 2.45) is 0 Å². The summed E-state index contributed by atoms with van der Waals surface area (Å²) in [7, 11) is 2.22. The average Bonchev–Trinajstić information content (AvgIpc) is 2.33. The van der Waals surface area contributed by atoms with E-state index in [-0.39, 0.29) is 0 Å². The van der Waals surface area contributed by atoms with Gasteiger partial charge in [-0.15, -0.1) is 0 Å². The lowest BCUT2D eigenvalue weighted by atomic mass is 9.85. The van der Waals surface area contributed by atoms with Gasteiger partial charge in [-0.05, 0) is 60.9 Å². The summed E-state index contributed by atoms with van der Waals surface area (Å²) in [6.45, 7) is 11.9. The molecule has 1 nitrogen and oxygen atoms in total. The van der Waals surface area contributed by atoms with Crippen LogP contribution in [0, 0.1) is 13.8 Å². The van der Waals surface area contributed by atoms with Crippen LogP contribution >= 0.6 is 0 Å². The van der Waals surface area contributed by atoms with Crippen molar-refractivity contribution in [1.82, 2.24) is 0 Å². The molecule has 0 saturated heterocycles. The third-order valence-corrected chi connectivity index (χ3v) is 4.18. The minimum absolute atomic E-state index is 1.09. The van der Waals surface area contributed by atoms with Gasteiger partial charge in [0.15, 0.2) is 0 Å². The first kappa shape index (κ1) is 12.2. The summed E-state index contributed by atoms with van der Waals surface area (Å²) in [6.07, 6.45) is 5.64. The van der Waals surface area contributed by atoms with Crippen LogP contribution in [0.3, 0.4) is 0 Å². The Hall–Kier alpha value is -1.24. The molecule has 17 heavy (non-hydrogen) atoms. The van der Waals surface area contributed by atoms with Crippen LogP contribution in [0.1, 0.15) is 41.2 Å². The van der Waals surface area contributed by atoms with Crippen molar-refractivity contribution in [1.29, 1.82) is 0 Å². The Morgan fingerprint density at radius 2 is 2.00 bits per heavy atom. The molecule has 0 aromatic heterocycles. The highest BCUT2D eigenvalue weighted by atomic mass is 15.1. The number of nitrogens with zero attached hydrogens (tertiary/aromatic N) is 1. The third kappa shape index (κ3) is 1.78. The minimum Gasteiger partial charge on any atom is -0.374 e. The van der Waals surface area contributed by atoms with Crippen LogP contribution in [0.25, 0.3) is 6.08 Å². The fraction of sp³-hybridized carbons (Fsp3) is 0.500. The second-order valence-corrected chi connectivity index (χ2v) is 5.05. The van der Waals surface area contributed by atoms with E-state index in [1.165, 1.54) is 47.3 Å². The van der Waals surface area contributed by atoms with Gasteiger partial charge in [-0.3, -0.25) is 0 Å². The molecule has 0 fully saturated rings. The summed E-state index contributed by atoms with van der Waals surface area (Å²) in [6, 6.07) is 0. The van der Waals surface area contributed by atoms with Crippen LogP contribution in [0.2, 0.25) is 0 Å². The molecule has 0 radical (unpaired) electrons. The topological polar surface area (TPSA) is 3.24 Å². The van der Waals surface area contributed by atoms with Gasteiger partial charge in [-0.25, -0.2) is 0 Å². The van der Waals surface area contributed by atoms with Crippen LogP contribution in [0.5, 0.6) is 0 Å². The highest BCUT2D eigenvalue weighted by Crippen LogP contribution is 2.38. The number of hydrogen-bond acceptors (Lipinski definition) is 1. The van der Waals surface area contributed by atoms with Crippen molar-refractivity contribution in [3.63, 3.8) is 0 Å². The molecule has 0 saturated carbocycles. The van der Waals surface area contributed by atoms with E-state index in [1.54, 1.807) is 5.56 Å². The van der Waals surface area contributed by atoms with Crippen molar-refractivity contribution < 1.29 is 0 Å². The lowest BCUT2D eigenvalue weighted by Gasteiger charge is -2.33. The standard InChI is InChI=1S/C16H23N/c1-6-13-11(3)12(4)15-9-8-10-17(5)16(15)14(13)7-2/h6H,1,7-10H2,2-5H3. The highest BCUT2D eigenvalue weighted by Gasteiger charge is 2.22. The van der Waals surface area contributed by atoms with Gasteiger partial charge in [-0.1, -0.05) is 19.6 Å². The summed E-state index contributed by atoms with van der Waals surface area (Å²) < 4.78 is 0. The van der Waals surface area contributed by atoms with E-state index in [2.05, 4.69) is 39.3 Å². The Morgan fingerprint density at radius 1 is 1.29 bits per heavy atom. The molecule has 1 heteroatoms. The van der Waals surface area contributed by atoms with Gasteiger partial charge < -0.3 is 4.90 Å². The fourth-order valence-electron chi connectivity index (χ4n) is 3.15. The van der Waals surface area contributed by atoms with Crippen LogP contribution < -0.4 is 4.90 Å². The number of rotatable bonds is 2. The Kier molecular flexibility index (Phi) is 3.28. The summed E-state index contributed by atoms with van der Waals surface area (Å²) in [5.74, 6) is 0. The molecule has 1 heterocycles. The quantitative estimate of drug-likeness (QED) is 0.743. The molecule has 92 valence electrons. The SMILES string of the molecule is C=Cc1c(C)c(C)c2c(c1CC)N(C)CCC2. The molecular weight excluding hydrogens is 206 g/mol. The van der Waals surface area contributed by atoms with Crippen molar-refractivity contribution >= 4 is 11.8 Å². The first-order chi connectivity index (χ1) is 8.11. The number of anilines is 1. The van der Waals surface area contributed by atoms with E-state index in [1.807, 2.05) is 6.08 Å². The molecule has 1 aromatic carbocycles. The second kappa shape index (κ2) is 4.56. The second-order valence-electron chi connectivity index (χ2n) is 5.05. The Bertz CT molecular complexity index is 457. The molecule has 1 aromatic rings. The maximum absolute atomic E-state index is 4.00. The summed E-state index contributed by atoms with van der Waals surface area (Å²) in [4.78, 5) is 2.43. The zero-order chi connectivity index (χ0) is 12.6. The average molecular weight is 229 g/mol. The van der Waals surface area contributed by atoms with Crippen LogP contribution in [0.15, 0.2) is 6.58 Å². The Morgan fingerprint density at radius 3 is 2.59 bits per heavy atom. The number of hydrogen-bond donors (Lipinski definition) is 0. The predicted molar refractivity (Wildman–Crippen MR) is 77.0 cm³/mol. The molecule has 0 spiro atoms. The van der Waals surface area contributed by atoms with Gasteiger partial charge >= 0.3 is 0 Å². The van der Waals surface area contributed by atoms with Crippen molar-refractivity contribution in [2.45, 2.75) is 40.0 Å². The molecule has 1 aliphatic rings. The van der Waals surface area contributed by atoms with Crippen molar-refractivity contribution in [3.8, 4) is 0 Å². The number of fused-ring (bicyclic) bond motifs is 1. The molecule has 0 bridgehead atoms. The van der Waals surface area contributed by atoms with Crippen LogP contribution in [-0.4, -0.2) is 13.6 Å². The van der Waals surface area contributed by atoms with Gasteiger partial charge in [0.2, 0.25) is 0 Å². The zero-order valence-electron chi connectivity index (χ0n) is 11.6. The predicted octanol–water partition coefficient (Wildman–Crippen LogP) is 3.89. The van der Waals surface area contributed by atoms with E-state index >= 15 is 0 Å². The largest absolute Gasteiger partial charge is 0.374 e. The summed E-state index contributed by atoms with van der Waals surface area (Å²) >= 11 is 0.